The van der Waals surface area contributed by atoms with Crippen LogP contribution in [0, 0.1) is 0 Å². The minimum absolute atomic E-state index is 0.00677. The van der Waals surface area contributed by atoms with Crippen LogP contribution in [0.1, 0.15) is 17.9 Å². The summed E-state index contributed by atoms with van der Waals surface area (Å²) in [7, 11) is -2.24. The first-order valence-corrected chi connectivity index (χ1v) is 11.1. The summed E-state index contributed by atoms with van der Waals surface area (Å²) in [5, 5.41) is 8.29. The zero-order valence-electron chi connectivity index (χ0n) is 16.5. The molecule has 2 aliphatic heterocycles. The van der Waals surface area contributed by atoms with E-state index in [0.717, 1.165) is 18.7 Å². The van der Waals surface area contributed by atoms with E-state index in [1.54, 1.807) is 24.1 Å². The van der Waals surface area contributed by atoms with Crippen LogP contribution in [0.25, 0.3) is 0 Å². The van der Waals surface area contributed by atoms with Gasteiger partial charge in [-0.25, -0.2) is 13.6 Å². The van der Waals surface area contributed by atoms with E-state index in [9.17, 15) is 13.2 Å². The van der Waals surface area contributed by atoms with Crippen molar-refractivity contribution >= 4 is 27.4 Å². The Morgan fingerprint density at radius 1 is 1.23 bits per heavy atom. The molecule has 5 N–H and O–H groups in total. The molecule has 2 aromatic rings. The summed E-state index contributed by atoms with van der Waals surface area (Å²) in [6.45, 7) is 2.06. The lowest BCUT2D eigenvalue weighted by Gasteiger charge is -2.19. The molecule has 0 aliphatic carbocycles. The molecule has 3 heterocycles. The molecule has 0 spiro atoms. The minimum Gasteiger partial charge on any atom is -0.481 e. The smallest absolute Gasteiger partial charge is 0.250 e. The second kappa shape index (κ2) is 8.19. The number of methoxy groups -OCH3 is 1. The number of carbonyl (C=O) groups excluding carboxylic acids is 1. The van der Waals surface area contributed by atoms with Gasteiger partial charge < -0.3 is 10.1 Å². The van der Waals surface area contributed by atoms with Crippen molar-refractivity contribution in [3.05, 3.63) is 42.0 Å². The summed E-state index contributed by atoms with van der Waals surface area (Å²) in [6, 6.07) is 9.40. The van der Waals surface area contributed by atoms with Crippen molar-refractivity contribution < 1.29 is 17.9 Å². The molecule has 1 unspecified atom stereocenters. The number of ether oxygens (including phenoxy) is 1. The number of sulfonamides is 1. The summed E-state index contributed by atoms with van der Waals surface area (Å²) in [6.07, 6.45) is 0.556. The Labute approximate surface area is 174 Å². The number of hydrogen-bond donors (Lipinski definition) is 4. The van der Waals surface area contributed by atoms with Gasteiger partial charge in [-0.3, -0.25) is 20.5 Å². The van der Waals surface area contributed by atoms with Gasteiger partial charge in [0.1, 0.15) is 11.9 Å². The van der Waals surface area contributed by atoms with Crippen molar-refractivity contribution in [2.75, 3.05) is 37.0 Å². The lowest BCUT2D eigenvalue weighted by atomic mass is 10.0. The third-order valence-corrected chi connectivity index (χ3v) is 6.23. The van der Waals surface area contributed by atoms with Crippen LogP contribution in [0.5, 0.6) is 5.88 Å². The zero-order valence-corrected chi connectivity index (χ0v) is 17.3. The van der Waals surface area contributed by atoms with Gasteiger partial charge in [0.2, 0.25) is 15.9 Å². The summed E-state index contributed by atoms with van der Waals surface area (Å²) >= 11 is 0. The summed E-state index contributed by atoms with van der Waals surface area (Å²) < 4.78 is 28.6. The lowest BCUT2D eigenvalue weighted by Crippen LogP contribution is -2.34. The van der Waals surface area contributed by atoms with E-state index >= 15 is 0 Å². The van der Waals surface area contributed by atoms with Gasteiger partial charge in [0.05, 0.1) is 12.0 Å². The quantitative estimate of drug-likeness (QED) is 0.506. The SMILES string of the molecule is COc1nc(N2CCC(Nc3cccc(S(N)(=O)=O)c3)C2=O)ccc1C1CNNC1. The summed E-state index contributed by atoms with van der Waals surface area (Å²) in [5.41, 5.74) is 7.68. The van der Waals surface area contributed by atoms with E-state index in [1.807, 2.05) is 12.1 Å². The van der Waals surface area contributed by atoms with Crippen molar-refractivity contribution in [3.8, 4) is 5.88 Å². The number of amides is 1. The Bertz CT molecular complexity index is 1050. The number of anilines is 2. The predicted octanol–water partition coefficient (Wildman–Crippen LogP) is 0.146. The zero-order chi connectivity index (χ0) is 21.3. The van der Waals surface area contributed by atoms with Crippen LogP contribution in [0.15, 0.2) is 41.3 Å². The van der Waals surface area contributed by atoms with E-state index in [-0.39, 0.29) is 16.7 Å². The highest BCUT2D eigenvalue weighted by Gasteiger charge is 2.34. The molecule has 1 aromatic heterocycles. The Balaban J connectivity index is 1.51. The molecule has 0 saturated carbocycles. The molecule has 2 aliphatic rings. The Morgan fingerprint density at radius 2 is 2.00 bits per heavy atom. The van der Waals surface area contributed by atoms with Gasteiger partial charge >= 0.3 is 0 Å². The van der Waals surface area contributed by atoms with Gasteiger partial charge in [-0.15, -0.1) is 0 Å². The maximum Gasteiger partial charge on any atom is 0.250 e. The average molecular weight is 433 g/mol. The number of nitrogens with zero attached hydrogens (tertiary/aromatic N) is 2. The first-order chi connectivity index (χ1) is 14.4. The van der Waals surface area contributed by atoms with Gasteiger partial charge in [-0.1, -0.05) is 6.07 Å². The number of hydrogen-bond acceptors (Lipinski definition) is 8. The van der Waals surface area contributed by atoms with Crippen LogP contribution >= 0.6 is 0 Å². The number of benzene rings is 1. The number of hydrazine groups is 1. The molecule has 2 fully saturated rings. The first kappa shape index (κ1) is 20.5. The van der Waals surface area contributed by atoms with Crippen LogP contribution < -0.4 is 30.9 Å². The highest BCUT2D eigenvalue weighted by molar-refractivity contribution is 7.89. The second-order valence-corrected chi connectivity index (χ2v) is 8.84. The van der Waals surface area contributed by atoms with E-state index in [4.69, 9.17) is 9.88 Å². The number of nitrogens with two attached hydrogens (primary N) is 1. The average Bonchev–Trinajstić information content (AvgIpc) is 3.38. The fraction of sp³-hybridized carbons (Fsp3) is 0.368. The van der Waals surface area contributed by atoms with E-state index in [0.29, 0.717) is 30.4 Å². The highest BCUT2D eigenvalue weighted by Crippen LogP contribution is 2.30. The standard InChI is InChI=1S/C19H24N6O4S/c1-29-18-15(12-10-21-22-11-12)5-6-17(24-18)25-8-7-16(19(25)26)23-13-3-2-4-14(9-13)30(20,27)28/h2-6,9,12,16,21-23H,7-8,10-11H2,1H3,(H2,20,27,28). The normalized spacial score (nSPS) is 20.0. The first-order valence-electron chi connectivity index (χ1n) is 9.58. The van der Waals surface area contributed by atoms with Crippen LogP contribution in [0.2, 0.25) is 0 Å². The maximum absolute atomic E-state index is 13.0. The van der Waals surface area contributed by atoms with E-state index in [1.165, 1.54) is 12.1 Å². The fourth-order valence-electron chi connectivity index (χ4n) is 3.75. The Kier molecular flexibility index (Phi) is 5.60. The molecule has 4 rings (SSSR count). The predicted molar refractivity (Wildman–Crippen MR) is 112 cm³/mol. The van der Waals surface area contributed by atoms with Crippen molar-refractivity contribution in [1.82, 2.24) is 15.8 Å². The maximum atomic E-state index is 13.0. The van der Waals surface area contributed by atoms with E-state index < -0.39 is 16.1 Å². The second-order valence-electron chi connectivity index (χ2n) is 7.27. The van der Waals surface area contributed by atoms with Crippen LogP contribution in [0.3, 0.4) is 0 Å². The van der Waals surface area contributed by atoms with Crippen LogP contribution in [-0.4, -0.2) is 52.1 Å². The van der Waals surface area contributed by atoms with Gasteiger partial charge in [0, 0.05) is 36.8 Å². The topological polar surface area (TPSA) is 139 Å². The summed E-state index contributed by atoms with van der Waals surface area (Å²) in [5.74, 6) is 1.15. The van der Waals surface area contributed by atoms with Gasteiger partial charge in [0.25, 0.3) is 5.91 Å². The van der Waals surface area contributed by atoms with Crippen molar-refractivity contribution in [2.45, 2.75) is 23.3 Å². The molecule has 0 radical (unpaired) electrons. The lowest BCUT2D eigenvalue weighted by molar-refractivity contribution is -0.117. The molecule has 1 amide bonds. The Morgan fingerprint density at radius 3 is 2.70 bits per heavy atom. The van der Waals surface area contributed by atoms with Gasteiger partial charge in [-0.05, 0) is 36.8 Å². The number of primary sulfonamides is 1. The van der Waals surface area contributed by atoms with Crippen LogP contribution in [-0.2, 0) is 14.8 Å². The molecule has 1 aromatic carbocycles. The number of nitrogens with one attached hydrogen (secondary N) is 3. The van der Waals surface area contributed by atoms with Gasteiger partial charge in [-0.2, -0.15) is 4.98 Å². The Hall–Kier alpha value is -2.73. The number of carbonyl (C=O) groups is 1. The number of rotatable bonds is 6. The van der Waals surface area contributed by atoms with Crippen LogP contribution in [0.4, 0.5) is 11.5 Å². The minimum atomic E-state index is -3.81. The number of aromatic nitrogens is 1. The monoisotopic (exact) mass is 432 g/mol. The van der Waals surface area contributed by atoms with Crippen molar-refractivity contribution in [2.24, 2.45) is 5.14 Å². The molecular formula is C19H24N6O4S. The third kappa shape index (κ3) is 4.10. The molecule has 11 heteroatoms. The molecular weight excluding hydrogens is 408 g/mol. The van der Waals surface area contributed by atoms with E-state index in [2.05, 4.69) is 21.2 Å². The van der Waals surface area contributed by atoms with Crippen molar-refractivity contribution in [1.29, 1.82) is 0 Å². The molecule has 10 nitrogen and oxygen atoms in total. The van der Waals surface area contributed by atoms with Crippen molar-refractivity contribution in [3.63, 3.8) is 0 Å². The highest BCUT2D eigenvalue weighted by atomic mass is 32.2. The summed E-state index contributed by atoms with van der Waals surface area (Å²) in [4.78, 5) is 19.1. The molecule has 0 bridgehead atoms. The van der Waals surface area contributed by atoms with Gasteiger partial charge in [0.15, 0.2) is 0 Å². The molecule has 160 valence electrons. The largest absolute Gasteiger partial charge is 0.481 e. The number of pyridine rings is 1. The third-order valence-electron chi connectivity index (χ3n) is 5.32. The fourth-order valence-corrected chi connectivity index (χ4v) is 4.31. The molecule has 2 saturated heterocycles. The molecule has 30 heavy (non-hydrogen) atoms. The molecule has 1 atom stereocenters.